The molecule has 0 spiro atoms. The smallest absolute Gasteiger partial charge is 0.139 e. The maximum atomic E-state index is 13.3. The van der Waals surface area contributed by atoms with Gasteiger partial charge in [-0.15, -0.1) is 0 Å². The van der Waals surface area contributed by atoms with E-state index in [9.17, 15) is 4.39 Å². The zero-order chi connectivity index (χ0) is 12.7. The van der Waals surface area contributed by atoms with Crippen molar-refractivity contribution in [3.05, 3.63) is 52.0 Å². The number of nitrogens with zero attached hydrogens (tertiary/aromatic N) is 1. The van der Waals surface area contributed by atoms with Crippen molar-refractivity contribution in [3.8, 4) is 11.1 Å². The van der Waals surface area contributed by atoms with E-state index in [0.29, 0.717) is 10.8 Å². The van der Waals surface area contributed by atoms with Gasteiger partial charge in [-0.2, -0.15) is 0 Å². The van der Waals surface area contributed by atoms with E-state index < -0.39 is 0 Å². The second kappa shape index (κ2) is 4.37. The molecule has 2 nitrogen and oxygen atoms in total. The Morgan fingerprint density at radius 2 is 2.11 bits per heavy atom. The molecule has 0 aliphatic rings. The van der Waals surface area contributed by atoms with Crippen LogP contribution >= 0.6 is 27.5 Å². The molecule has 0 radical (unpaired) electrons. The minimum absolute atomic E-state index is 0.291. The van der Waals surface area contributed by atoms with Crippen LogP contribution in [0.25, 0.3) is 22.2 Å². The predicted molar refractivity (Wildman–Crippen MR) is 74.2 cm³/mol. The summed E-state index contributed by atoms with van der Waals surface area (Å²) in [5.74, 6) is -0.291. The van der Waals surface area contributed by atoms with E-state index in [-0.39, 0.29) is 5.82 Å². The quantitative estimate of drug-likeness (QED) is 0.685. The Morgan fingerprint density at radius 1 is 1.28 bits per heavy atom. The predicted octanol–water partition coefficient (Wildman–Crippen LogP) is 4.78. The van der Waals surface area contributed by atoms with Gasteiger partial charge in [0.2, 0.25) is 0 Å². The number of benzene rings is 1. The van der Waals surface area contributed by atoms with E-state index in [1.807, 2.05) is 12.1 Å². The van der Waals surface area contributed by atoms with E-state index in [1.54, 1.807) is 12.3 Å². The maximum Gasteiger partial charge on any atom is 0.139 e. The molecule has 0 saturated carbocycles. The van der Waals surface area contributed by atoms with Crippen LogP contribution < -0.4 is 0 Å². The number of hydrogen-bond donors (Lipinski definition) is 1. The van der Waals surface area contributed by atoms with Crippen LogP contribution in [0.2, 0.25) is 5.15 Å². The van der Waals surface area contributed by atoms with Crippen LogP contribution in [0.3, 0.4) is 0 Å². The largest absolute Gasteiger partial charge is 0.330 e. The van der Waals surface area contributed by atoms with Crippen molar-refractivity contribution in [2.75, 3.05) is 0 Å². The minimum Gasteiger partial charge on any atom is -0.330 e. The van der Waals surface area contributed by atoms with Crippen LogP contribution in [0.15, 0.2) is 41.0 Å². The van der Waals surface area contributed by atoms with E-state index in [1.165, 1.54) is 12.1 Å². The lowest BCUT2D eigenvalue weighted by molar-refractivity contribution is 0.628. The second-order valence-electron chi connectivity index (χ2n) is 3.87. The second-order valence-corrected chi connectivity index (χ2v) is 5.17. The fraction of sp³-hybridized carbons (Fsp3) is 0. The van der Waals surface area contributed by atoms with Gasteiger partial charge in [-0.05, 0) is 39.7 Å². The molecule has 0 unspecified atom stereocenters. The van der Waals surface area contributed by atoms with Crippen LogP contribution in [0.4, 0.5) is 4.39 Å². The highest BCUT2D eigenvalue weighted by molar-refractivity contribution is 9.10. The average molecular weight is 326 g/mol. The molecule has 0 saturated heterocycles. The molecule has 0 aliphatic heterocycles. The fourth-order valence-electron chi connectivity index (χ4n) is 1.94. The summed E-state index contributed by atoms with van der Waals surface area (Å²) in [5, 5.41) is 1.32. The highest BCUT2D eigenvalue weighted by Crippen LogP contribution is 2.35. The first-order chi connectivity index (χ1) is 8.65. The minimum atomic E-state index is -0.291. The number of H-pyrrole nitrogens is 1. The Morgan fingerprint density at radius 3 is 2.89 bits per heavy atom. The summed E-state index contributed by atoms with van der Waals surface area (Å²) in [5.41, 5.74) is 2.17. The van der Waals surface area contributed by atoms with Gasteiger partial charge in [0.25, 0.3) is 0 Å². The molecule has 0 bridgehead atoms. The zero-order valence-corrected chi connectivity index (χ0v) is 11.4. The van der Waals surface area contributed by atoms with Crippen molar-refractivity contribution in [2.45, 2.75) is 0 Å². The molecule has 0 atom stereocenters. The number of rotatable bonds is 1. The van der Waals surface area contributed by atoms with Gasteiger partial charge in [0, 0.05) is 21.6 Å². The normalized spacial score (nSPS) is 11.1. The third-order valence-electron chi connectivity index (χ3n) is 2.68. The molecule has 0 amide bonds. The van der Waals surface area contributed by atoms with Crippen molar-refractivity contribution in [2.24, 2.45) is 0 Å². The lowest BCUT2D eigenvalue weighted by Crippen LogP contribution is -1.80. The third kappa shape index (κ3) is 1.91. The van der Waals surface area contributed by atoms with Gasteiger partial charge in [0.1, 0.15) is 16.6 Å². The van der Waals surface area contributed by atoms with E-state index in [0.717, 1.165) is 21.0 Å². The molecule has 3 aromatic rings. The van der Waals surface area contributed by atoms with Gasteiger partial charge in [-0.3, -0.25) is 0 Å². The average Bonchev–Trinajstić information content (AvgIpc) is 2.64. The number of nitrogens with one attached hydrogen (secondary N) is 1. The van der Waals surface area contributed by atoms with Crippen LogP contribution in [0.5, 0.6) is 0 Å². The standard InChI is InChI=1S/C13H7BrClFN2/c14-8-5-10-11(7-2-1-3-9(16)4-7)12(15)18-13(10)17-6-8/h1-6H,(H,17,18). The van der Waals surface area contributed by atoms with Gasteiger partial charge >= 0.3 is 0 Å². The van der Waals surface area contributed by atoms with Gasteiger partial charge in [-0.25, -0.2) is 9.37 Å². The summed E-state index contributed by atoms with van der Waals surface area (Å²) in [4.78, 5) is 7.21. The molecule has 0 aliphatic carbocycles. The molecule has 90 valence electrons. The first kappa shape index (κ1) is 11.7. The van der Waals surface area contributed by atoms with E-state index in [2.05, 4.69) is 25.9 Å². The highest BCUT2D eigenvalue weighted by Gasteiger charge is 2.13. The number of pyridine rings is 1. The number of fused-ring (bicyclic) bond motifs is 1. The zero-order valence-electron chi connectivity index (χ0n) is 9.05. The Labute approximate surface area is 116 Å². The lowest BCUT2D eigenvalue weighted by atomic mass is 10.1. The number of aromatic amines is 1. The van der Waals surface area contributed by atoms with Gasteiger partial charge in [-0.1, -0.05) is 23.7 Å². The number of hydrogen-bond acceptors (Lipinski definition) is 1. The van der Waals surface area contributed by atoms with E-state index >= 15 is 0 Å². The summed E-state index contributed by atoms with van der Waals surface area (Å²) >= 11 is 9.54. The summed E-state index contributed by atoms with van der Waals surface area (Å²) < 4.78 is 14.1. The molecule has 5 heteroatoms. The fourth-order valence-corrected chi connectivity index (χ4v) is 2.57. The summed E-state index contributed by atoms with van der Waals surface area (Å²) in [6.07, 6.45) is 1.69. The molecule has 18 heavy (non-hydrogen) atoms. The van der Waals surface area contributed by atoms with Crippen LogP contribution in [0.1, 0.15) is 0 Å². The van der Waals surface area contributed by atoms with Crippen molar-refractivity contribution >= 4 is 38.6 Å². The highest BCUT2D eigenvalue weighted by atomic mass is 79.9. The van der Waals surface area contributed by atoms with Crippen molar-refractivity contribution in [3.63, 3.8) is 0 Å². The Hall–Kier alpha value is -1.39. The molecule has 1 N–H and O–H groups in total. The molecule has 2 aromatic heterocycles. The van der Waals surface area contributed by atoms with Crippen LogP contribution in [-0.4, -0.2) is 9.97 Å². The van der Waals surface area contributed by atoms with Gasteiger partial charge < -0.3 is 4.98 Å². The Kier molecular flexibility index (Phi) is 2.84. The molecule has 1 aromatic carbocycles. The van der Waals surface area contributed by atoms with Gasteiger partial charge in [0.15, 0.2) is 0 Å². The maximum absolute atomic E-state index is 13.3. The van der Waals surface area contributed by atoms with Crippen LogP contribution in [-0.2, 0) is 0 Å². The molecule has 3 rings (SSSR count). The van der Waals surface area contributed by atoms with E-state index in [4.69, 9.17) is 11.6 Å². The van der Waals surface area contributed by atoms with Crippen LogP contribution in [0, 0.1) is 5.82 Å². The summed E-state index contributed by atoms with van der Waals surface area (Å²) in [7, 11) is 0. The SMILES string of the molecule is Fc1cccc(-c2c(Cl)[nH]c3ncc(Br)cc23)c1. The lowest BCUT2D eigenvalue weighted by Gasteiger charge is -2.01. The Balaban J connectivity index is 2.34. The Bertz CT molecular complexity index is 739. The first-order valence-electron chi connectivity index (χ1n) is 5.24. The molecule has 0 fully saturated rings. The van der Waals surface area contributed by atoms with Crippen molar-refractivity contribution < 1.29 is 4.39 Å². The number of halogens is 3. The third-order valence-corrected chi connectivity index (χ3v) is 3.40. The number of aromatic nitrogens is 2. The summed E-state index contributed by atoms with van der Waals surface area (Å²) in [6.45, 7) is 0. The monoisotopic (exact) mass is 324 g/mol. The topological polar surface area (TPSA) is 28.7 Å². The molecular weight excluding hydrogens is 319 g/mol. The van der Waals surface area contributed by atoms with Gasteiger partial charge in [0.05, 0.1) is 0 Å². The van der Waals surface area contributed by atoms with Crippen molar-refractivity contribution in [1.29, 1.82) is 0 Å². The summed E-state index contributed by atoms with van der Waals surface area (Å²) in [6, 6.07) is 8.24. The van der Waals surface area contributed by atoms with Crippen molar-refractivity contribution in [1.82, 2.24) is 9.97 Å². The molecule has 2 heterocycles. The molecular formula is C13H7BrClFN2. The first-order valence-corrected chi connectivity index (χ1v) is 6.41.